The number of carbonyl (C=O) groups is 2. The van der Waals surface area contributed by atoms with E-state index in [1.165, 1.54) is 27.1 Å². The minimum absolute atomic E-state index is 0.162. The largest absolute Gasteiger partial charge is 0.479 e. The molecule has 9 heteroatoms. The van der Waals surface area contributed by atoms with Gasteiger partial charge in [0, 0.05) is 28.0 Å². The van der Waals surface area contributed by atoms with Crippen molar-refractivity contribution in [1.29, 1.82) is 0 Å². The summed E-state index contributed by atoms with van der Waals surface area (Å²) in [4.78, 5) is 45.1. The highest BCUT2D eigenvalue weighted by molar-refractivity contribution is 9.10. The van der Waals surface area contributed by atoms with E-state index in [1.54, 1.807) is 32.2 Å². The third kappa shape index (κ3) is 3.77. The fourth-order valence-corrected chi connectivity index (χ4v) is 5.02. The maximum Gasteiger partial charge on any atom is 0.267 e. The summed E-state index contributed by atoms with van der Waals surface area (Å²) in [6.45, 7) is 1.52. The van der Waals surface area contributed by atoms with Gasteiger partial charge >= 0.3 is 0 Å². The molecule has 0 spiro atoms. The van der Waals surface area contributed by atoms with E-state index >= 15 is 0 Å². The molecule has 1 atom stereocenters. The van der Waals surface area contributed by atoms with E-state index in [9.17, 15) is 14.4 Å². The van der Waals surface area contributed by atoms with Crippen molar-refractivity contribution in [2.24, 2.45) is 0 Å². The Bertz CT molecular complexity index is 1480. The molecule has 33 heavy (non-hydrogen) atoms. The van der Waals surface area contributed by atoms with Gasteiger partial charge < -0.3 is 9.64 Å². The molecule has 0 aliphatic carbocycles. The maximum atomic E-state index is 13.3. The molecule has 2 aromatic heterocycles. The fraction of sp³-hybridized carbons (Fsp3) is 0.167. The molecule has 0 saturated heterocycles. The lowest BCUT2D eigenvalue weighted by Crippen LogP contribution is -2.42. The van der Waals surface area contributed by atoms with Crippen LogP contribution in [0.3, 0.4) is 0 Å². The number of halogens is 1. The highest BCUT2D eigenvalue weighted by atomic mass is 79.9. The van der Waals surface area contributed by atoms with E-state index < -0.39 is 6.10 Å². The molecular formula is C24H18BrN3O4S. The van der Waals surface area contributed by atoms with E-state index in [0.29, 0.717) is 27.2 Å². The second-order valence-corrected chi connectivity index (χ2v) is 9.55. The lowest BCUT2D eigenvalue weighted by Gasteiger charge is -2.30. The van der Waals surface area contributed by atoms with Crippen LogP contribution in [0.15, 0.2) is 63.4 Å². The summed E-state index contributed by atoms with van der Waals surface area (Å²) < 4.78 is 7.89. The van der Waals surface area contributed by atoms with Gasteiger partial charge in [0.2, 0.25) is 0 Å². The van der Waals surface area contributed by atoms with Crippen LogP contribution in [0.4, 0.5) is 5.69 Å². The van der Waals surface area contributed by atoms with Crippen molar-refractivity contribution in [2.45, 2.75) is 19.6 Å². The Balaban J connectivity index is 1.49. The number of likely N-dealkylation sites (N-methyl/N-ethyl adjacent to an activating group) is 1. The van der Waals surface area contributed by atoms with Crippen LogP contribution >= 0.6 is 27.3 Å². The first-order chi connectivity index (χ1) is 15.8. The van der Waals surface area contributed by atoms with Gasteiger partial charge in [-0.15, -0.1) is 11.3 Å². The van der Waals surface area contributed by atoms with Crippen LogP contribution < -0.4 is 15.2 Å². The van der Waals surface area contributed by atoms with Gasteiger partial charge in [-0.25, -0.2) is 4.98 Å². The molecule has 0 saturated carbocycles. The molecule has 1 amide bonds. The summed E-state index contributed by atoms with van der Waals surface area (Å²) in [6, 6.07) is 12.6. The molecule has 166 valence electrons. The van der Waals surface area contributed by atoms with Crippen LogP contribution in [-0.4, -0.2) is 34.4 Å². The van der Waals surface area contributed by atoms with E-state index in [-0.39, 0.29) is 23.8 Å². The van der Waals surface area contributed by atoms with E-state index in [1.807, 2.05) is 29.6 Å². The van der Waals surface area contributed by atoms with Crippen LogP contribution in [0.25, 0.3) is 21.3 Å². The predicted molar refractivity (Wildman–Crippen MR) is 131 cm³/mol. The number of anilines is 1. The first-order valence-corrected chi connectivity index (χ1v) is 11.8. The number of benzene rings is 2. The Morgan fingerprint density at radius 2 is 1.94 bits per heavy atom. The first kappa shape index (κ1) is 21.5. The van der Waals surface area contributed by atoms with Crippen molar-refractivity contribution in [1.82, 2.24) is 9.55 Å². The number of Topliss-reactive ketones (excluding diaryl/α,β-unsaturated/α-hetero) is 1. The third-order valence-electron chi connectivity index (χ3n) is 5.65. The quantitative estimate of drug-likeness (QED) is 0.367. The smallest absolute Gasteiger partial charge is 0.267 e. The number of hydrogen-bond acceptors (Lipinski definition) is 6. The average molecular weight is 524 g/mol. The summed E-state index contributed by atoms with van der Waals surface area (Å²) in [7, 11) is 1.65. The molecule has 7 nitrogen and oxygen atoms in total. The Kier molecular flexibility index (Phi) is 5.38. The molecule has 1 unspecified atom stereocenters. The fourth-order valence-electron chi connectivity index (χ4n) is 3.85. The third-order valence-corrected chi connectivity index (χ3v) is 7.07. The van der Waals surface area contributed by atoms with Gasteiger partial charge in [-0.3, -0.25) is 19.0 Å². The molecule has 5 rings (SSSR count). The summed E-state index contributed by atoms with van der Waals surface area (Å²) in [6.07, 6.45) is 0.828. The number of ether oxygens (including phenoxy) is 1. The number of fused-ring (bicyclic) bond motifs is 2. The molecule has 0 radical (unpaired) electrons. The minimum atomic E-state index is -0.578. The van der Waals surface area contributed by atoms with E-state index in [2.05, 4.69) is 20.9 Å². The first-order valence-electron chi connectivity index (χ1n) is 10.2. The zero-order chi connectivity index (χ0) is 23.3. The van der Waals surface area contributed by atoms with Crippen molar-refractivity contribution >= 4 is 54.9 Å². The second-order valence-electron chi connectivity index (χ2n) is 7.78. The number of hydrogen-bond donors (Lipinski definition) is 0. The van der Waals surface area contributed by atoms with Gasteiger partial charge in [0.1, 0.15) is 10.6 Å². The van der Waals surface area contributed by atoms with Crippen LogP contribution in [0.1, 0.15) is 17.3 Å². The zero-order valence-corrected chi connectivity index (χ0v) is 20.1. The minimum Gasteiger partial charge on any atom is -0.479 e. The number of thiophene rings is 1. The number of amides is 1. The number of ketones is 1. The predicted octanol–water partition coefficient (Wildman–Crippen LogP) is 4.51. The maximum absolute atomic E-state index is 13.3. The zero-order valence-electron chi connectivity index (χ0n) is 17.7. The number of aromatic nitrogens is 2. The Morgan fingerprint density at radius 3 is 2.70 bits per heavy atom. The molecule has 1 aliphatic heterocycles. The second kappa shape index (κ2) is 8.24. The van der Waals surface area contributed by atoms with Gasteiger partial charge in [0.05, 0.1) is 23.9 Å². The topological polar surface area (TPSA) is 81.5 Å². The summed E-state index contributed by atoms with van der Waals surface area (Å²) >= 11 is 4.82. The molecule has 2 aromatic carbocycles. The summed E-state index contributed by atoms with van der Waals surface area (Å²) in [5, 5.41) is 2.40. The standard InChI is InChI=1S/C24H18BrN3O4S/c1-13-23(30)27(2)18-9-15(5-8-20(18)32-13)19(29)10-28-12-26-22-21(24(28)31)17(11-33-22)14-3-6-16(25)7-4-14/h3-9,11-13H,10H2,1-2H3. The SMILES string of the molecule is CC1Oc2ccc(C(=O)Cn3cnc4scc(-c5ccc(Br)cc5)c4c3=O)cc2N(C)C1=O. The van der Waals surface area contributed by atoms with Crippen molar-refractivity contribution in [2.75, 3.05) is 11.9 Å². The molecule has 0 bridgehead atoms. The van der Waals surface area contributed by atoms with Crippen LogP contribution in [0.2, 0.25) is 0 Å². The van der Waals surface area contributed by atoms with Crippen LogP contribution in [-0.2, 0) is 11.3 Å². The van der Waals surface area contributed by atoms with Crippen molar-refractivity contribution in [3.05, 3.63) is 74.6 Å². The van der Waals surface area contributed by atoms with Crippen molar-refractivity contribution in [3.8, 4) is 16.9 Å². The van der Waals surface area contributed by atoms with Gasteiger partial charge in [0.25, 0.3) is 11.5 Å². The Morgan fingerprint density at radius 1 is 1.18 bits per heavy atom. The van der Waals surface area contributed by atoms with Crippen LogP contribution in [0, 0.1) is 0 Å². The number of rotatable bonds is 4. The lowest BCUT2D eigenvalue weighted by atomic mass is 10.1. The molecule has 0 N–H and O–H groups in total. The molecule has 4 aromatic rings. The summed E-state index contributed by atoms with van der Waals surface area (Å²) in [5.41, 5.74) is 2.35. The summed E-state index contributed by atoms with van der Waals surface area (Å²) in [5.74, 6) is 0.0932. The molecule has 3 heterocycles. The normalized spacial score (nSPS) is 15.4. The Hall–Kier alpha value is -3.30. The average Bonchev–Trinajstić information content (AvgIpc) is 3.24. The van der Waals surface area contributed by atoms with E-state index in [4.69, 9.17) is 4.74 Å². The highest BCUT2D eigenvalue weighted by Crippen LogP contribution is 2.34. The van der Waals surface area contributed by atoms with Gasteiger partial charge in [-0.2, -0.15) is 0 Å². The van der Waals surface area contributed by atoms with Crippen molar-refractivity contribution < 1.29 is 14.3 Å². The monoisotopic (exact) mass is 523 g/mol. The lowest BCUT2D eigenvalue weighted by molar-refractivity contribution is -0.125. The van der Waals surface area contributed by atoms with Crippen LogP contribution in [0.5, 0.6) is 5.75 Å². The molecule has 1 aliphatic rings. The van der Waals surface area contributed by atoms with Gasteiger partial charge in [-0.1, -0.05) is 28.1 Å². The van der Waals surface area contributed by atoms with Gasteiger partial charge in [-0.05, 0) is 42.8 Å². The van der Waals surface area contributed by atoms with E-state index in [0.717, 1.165) is 15.6 Å². The Labute approximate surface area is 201 Å². The molecular weight excluding hydrogens is 506 g/mol. The molecule has 0 fully saturated rings. The van der Waals surface area contributed by atoms with Gasteiger partial charge in [0.15, 0.2) is 11.9 Å². The number of carbonyl (C=O) groups excluding carboxylic acids is 2. The number of nitrogens with zero attached hydrogens (tertiary/aromatic N) is 3. The highest BCUT2D eigenvalue weighted by Gasteiger charge is 2.29. The van der Waals surface area contributed by atoms with Crippen molar-refractivity contribution in [3.63, 3.8) is 0 Å².